The zero-order valence-corrected chi connectivity index (χ0v) is 7.41. The Balaban J connectivity index is 2.15. The number of carbonyl (C=O) groups excluding carboxylic acids is 1. The summed E-state index contributed by atoms with van der Waals surface area (Å²) in [6.07, 6.45) is 1.67. The van der Waals surface area contributed by atoms with Crippen molar-refractivity contribution in [1.29, 1.82) is 0 Å². The van der Waals surface area contributed by atoms with Gasteiger partial charge in [-0.3, -0.25) is 4.79 Å². The first-order valence-corrected chi connectivity index (χ1v) is 4.04. The van der Waals surface area contributed by atoms with Crippen LogP contribution in [-0.4, -0.2) is 32.1 Å². The van der Waals surface area contributed by atoms with Crippen LogP contribution in [0.2, 0.25) is 0 Å². The van der Waals surface area contributed by atoms with E-state index in [2.05, 4.69) is 0 Å². The van der Waals surface area contributed by atoms with Crippen LogP contribution in [0.3, 0.4) is 0 Å². The fourth-order valence-corrected chi connectivity index (χ4v) is 1.18. The van der Waals surface area contributed by atoms with E-state index in [4.69, 9.17) is 14.2 Å². The lowest BCUT2D eigenvalue weighted by molar-refractivity contribution is -0.153. The molecule has 1 rings (SSSR count). The van der Waals surface area contributed by atoms with Crippen molar-refractivity contribution in [2.75, 3.05) is 13.7 Å². The van der Waals surface area contributed by atoms with Gasteiger partial charge in [-0.1, -0.05) is 0 Å². The number of methoxy groups -OCH3 is 1. The molecule has 0 spiro atoms. The van der Waals surface area contributed by atoms with Gasteiger partial charge in [0.15, 0.2) is 6.29 Å². The predicted octanol–water partition coefficient (Wildman–Crippen LogP) is 0.701. The van der Waals surface area contributed by atoms with Crippen molar-refractivity contribution in [1.82, 2.24) is 0 Å². The fourth-order valence-electron chi connectivity index (χ4n) is 1.18. The standard InChI is InChI=1S/C8H14O4/c1-6(9)11-5-7-3-4-8(10-2)12-7/h7-8H,3-5H2,1-2H3. The van der Waals surface area contributed by atoms with Crippen LogP contribution in [0.15, 0.2) is 0 Å². The van der Waals surface area contributed by atoms with E-state index in [0.29, 0.717) is 6.61 Å². The Morgan fingerprint density at radius 2 is 2.33 bits per heavy atom. The third-order valence-corrected chi connectivity index (χ3v) is 1.80. The molecule has 0 aromatic heterocycles. The van der Waals surface area contributed by atoms with Crippen molar-refractivity contribution in [3.63, 3.8) is 0 Å². The summed E-state index contributed by atoms with van der Waals surface area (Å²) >= 11 is 0. The van der Waals surface area contributed by atoms with Crippen molar-refractivity contribution in [2.24, 2.45) is 0 Å². The summed E-state index contributed by atoms with van der Waals surface area (Å²) in [4.78, 5) is 10.4. The average molecular weight is 174 g/mol. The van der Waals surface area contributed by atoms with Gasteiger partial charge in [0.25, 0.3) is 0 Å². The van der Waals surface area contributed by atoms with E-state index in [1.54, 1.807) is 7.11 Å². The van der Waals surface area contributed by atoms with Crippen LogP contribution in [0.25, 0.3) is 0 Å². The van der Waals surface area contributed by atoms with E-state index >= 15 is 0 Å². The molecule has 0 N–H and O–H groups in total. The summed E-state index contributed by atoms with van der Waals surface area (Å²) in [6.45, 7) is 1.73. The van der Waals surface area contributed by atoms with Crippen LogP contribution in [0.4, 0.5) is 0 Å². The summed E-state index contributed by atoms with van der Waals surface area (Å²) in [7, 11) is 1.61. The molecule has 4 heteroatoms. The van der Waals surface area contributed by atoms with E-state index < -0.39 is 0 Å². The van der Waals surface area contributed by atoms with Gasteiger partial charge >= 0.3 is 5.97 Å². The fraction of sp³-hybridized carbons (Fsp3) is 0.875. The molecule has 1 saturated heterocycles. The number of carbonyl (C=O) groups is 1. The minimum Gasteiger partial charge on any atom is -0.463 e. The zero-order chi connectivity index (χ0) is 8.97. The maximum Gasteiger partial charge on any atom is 0.302 e. The Morgan fingerprint density at radius 3 is 2.83 bits per heavy atom. The number of esters is 1. The highest BCUT2D eigenvalue weighted by atomic mass is 16.7. The lowest BCUT2D eigenvalue weighted by Crippen LogP contribution is -2.19. The van der Waals surface area contributed by atoms with Gasteiger partial charge in [-0.25, -0.2) is 0 Å². The Labute approximate surface area is 71.8 Å². The van der Waals surface area contributed by atoms with E-state index in [1.165, 1.54) is 6.92 Å². The van der Waals surface area contributed by atoms with Gasteiger partial charge < -0.3 is 14.2 Å². The van der Waals surface area contributed by atoms with E-state index in [1.807, 2.05) is 0 Å². The highest BCUT2D eigenvalue weighted by Gasteiger charge is 2.25. The Bertz CT molecular complexity index is 157. The van der Waals surface area contributed by atoms with Crippen LogP contribution in [0.1, 0.15) is 19.8 Å². The lowest BCUT2D eigenvalue weighted by Gasteiger charge is -2.11. The molecule has 1 heterocycles. The van der Waals surface area contributed by atoms with Crippen LogP contribution >= 0.6 is 0 Å². The molecule has 0 aromatic rings. The summed E-state index contributed by atoms with van der Waals surface area (Å²) in [5.41, 5.74) is 0. The van der Waals surface area contributed by atoms with Crippen molar-refractivity contribution in [3.05, 3.63) is 0 Å². The molecular weight excluding hydrogens is 160 g/mol. The quantitative estimate of drug-likeness (QED) is 0.591. The molecule has 1 fully saturated rings. The van der Waals surface area contributed by atoms with Gasteiger partial charge in [0.1, 0.15) is 6.61 Å². The second-order valence-electron chi connectivity index (χ2n) is 2.80. The lowest BCUT2D eigenvalue weighted by atomic mass is 10.2. The largest absolute Gasteiger partial charge is 0.463 e. The maximum absolute atomic E-state index is 10.4. The molecule has 0 bridgehead atoms. The molecule has 0 radical (unpaired) electrons. The van der Waals surface area contributed by atoms with Crippen LogP contribution in [0, 0.1) is 0 Å². The van der Waals surface area contributed by atoms with Crippen molar-refractivity contribution in [3.8, 4) is 0 Å². The zero-order valence-electron chi connectivity index (χ0n) is 7.41. The smallest absolute Gasteiger partial charge is 0.302 e. The Morgan fingerprint density at radius 1 is 1.58 bits per heavy atom. The third kappa shape index (κ3) is 2.79. The summed E-state index contributed by atoms with van der Waals surface area (Å²) in [5.74, 6) is -0.264. The molecule has 0 amide bonds. The second kappa shape index (κ2) is 4.42. The van der Waals surface area contributed by atoms with E-state index in [0.717, 1.165) is 12.8 Å². The second-order valence-corrected chi connectivity index (χ2v) is 2.80. The SMILES string of the molecule is COC1CCC(COC(C)=O)O1. The van der Waals surface area contributed by atoms with Crippen LogP contribution < -0.4 is 0 Å². The van der Waals surface area contributed by atoms with Crippen LogP contribution in [-0.2, 0) is 19.0 Å². The molecule has 2 unspecified atom stereocenters. The molecule has 70 valence electrons. The molecule has 1 aliphatic heterocycles. The normalized spacial score (nSPS) is 28.8. The van der Waals surface area contributed by atoms with E-state index in [-0.39, 0.29) is 18.4 Å². The molecule has 0 aliphatic carbocycles. The van der Waals surface area contributed by atoms with Gasteiger partial charge in [-0.15, -0.1) is 0 Å². The molecule has 12 heavy (non-hydrogen) atoms. The first kappa shape index (κ1) is 9.48. The molecule has 1 aliphatic rings. The van der Waals surface area contributed by atoms with E-state index in [9.17, 15) is 4.79 Å². The highest BCUT2D eigenvalue weighted by molar-refractivity contribution is 5.65. The molecule has 0 aromatic carbocycles. The van der Waals surface area contributed by atoms with Gasteiger partial charge in [-0.05, 0) is 6.42 Å². The minimum atomic E-state index is -0.264. The number of rotatable bonds is 3. The number of ether oxygens (including phenoxy) is 3. The molecule has 2 atom stereocenters. The summed E-state index contributed by atoms with van der Waals surface area (Å²) in [6, 6.07) is 0. The monoisotopic (exact) mass is 174 g/mol. The first-order valence-electron chi connectivity index (χ1n) is 4.04. The minimum absolute atomic E-state index is 0.0128. The summed E-state index contributed by atoms with van der Waals surface area (Å²) in [5, 5.41) is 0. The van der Waals surface area contributed by atoms with Gasteiger partial charge in [0.2, 0.25) is 0 Å². The van der Waals surface area contributed by atoms with Crippen molar-refractivity contribution >= 4 is 5.97 Å². The topological polar surface area (TPSA) is 44.8 Å². The number of hydrogen-bond acceptors (Lipinski definition) is 4. The molecule has 4 nitrogen and oxygen atoms in total. The highest BCUT2D eigenvalue weighted by Crippen LogP contribution is 2.19. The van der Waals surface area contributed by atoms with Gasteiger partial charge in [0, 0.05) is 20.5 Å². The maximum atomic E-state index is 10.4. The molecule has 0 saturated carbocycles. The first-order chi connectivity index (χ1) is 5.72. The Kier molecular flexibility index (Phi) is 3.49. The summed E-state index contributed by atoms with van der Waals surface area (Å²) < 4.78 is 15.1. The molecular formula is C8H14O4. The average Bonchev–Trinajstić information content (AvgIpc) is 2.48. The van der Waals surface area contributed by atoms with Gasteiger partial charge in [-0.2, -0.15) is 0 Å². The number of hydrogen-bond donors (Lipinski definition) is 0. The van der Waals surface area contributed by atoms with Crippen molar-refractivity contribution in [2.45, 2.75) is 32.2 Å². The van der Waals surface area contributed by atoms with Crippen molar-refractivity contribution < 1.29 is 19.0 Å². The third-order valence-electron chi connectivity index (χ3n) is 1.80. The Hall–Kier alpha value is -0.610. The van der Waals surface area contributed by atoms with Crippen LogP contribution in [0.5, 0.6) is 0 Å². The van der Waals surface area contributed by atoms with Gasteiger partial charge in [0.05, 0.1) is 6.10 Å². The predicted molar refractivity (Wildman–Crippen MR) is 41.5 cm³/mol.